The summed E-state index contributed by atoms with van der Waals surface area (Å²) in [5, 5.41) is 6.89. The summed E-state index contributed by atoms with van der Waals surface area (Å²) >= 11 is 6.72. The van der Waals surface area contributed by atoms with Gasteiger partial charge in [-0.05, 0) is 69.9 Å². The summed E-state index contributed by atoms with van der Waals surface area (Å²) in [5.41, 5.74) is 0. The number of nitrogens with one attached hydrogen (secondary N) is 2. The summed E-state index contributed by atoms with van der Waals surface area (Å²) in [5.74, 6) is 3.56. The van der Waals surface area contributed by atoms with Gasteiger partial charge in [-0.1, -0.05) is 21.6 Å². The second kappa shape index (κ2) is 21.6. The largest absolute Gasteiger partial charge is 0.478 e. The van der Waals surface area contributed by atoms with E-state index in [1.54, 1.807) is 12.4 Å². The summed E-state index contributed by atoms with van der Waals surface area (Å²) in [4.78, 5) is 8.37. The molecule has 0 bridgehead atoms. The van der Waals surface area contributed by atoms with Crippen molar-refractivity contribution in [3.63, 3.8) is 0 Å². The Hall–Kier alpha value is 0.0600. The molecule has 0 aliphatic heterocycles. The lowest BCUT2D eigenvalue weighted by Crippen LogP contribution is -2.21. The summed E-state index contributed by atoms with van der Waals surface area (Å²) in [6.45, 7) is 5.31. The highest BCUT2D eigenvalue weighted by atomic mass is 79.9. The molecule has 0 fully saturated rings. The number of pyridine rings is 2. The lowest BCUT2D eigenvalue weighted by atomic mass is 10.4. The van der Waals surface area contributed by atoms with Crippen LogP contribution in [-0.2, 0) is 0 Å². The molecule has 0 amide bonds. The Morgan fingerprint density at radius 2 is 1.12 bits per heavy atom. The molecule has 2 aromatic heterocycles. The van der Waals surface area contributed by atoms with Gasteiger partial charge in [0.1, 0.15) is 0 Å². The maximum atomic E-state index is 5.59. The molecule has 0 radical (unpaired) electrons. The van der Waals surface area contributed by atoms with E-state index < -0.39 is 0 Å². The van der Waals surface area contributed by atoms with Crippen LogP contribution in [0.3, 0.4) is 0 Å². The van der Waals surface area contributed by atoms with Crippen molar-refractivity contribution in [2.75, 3.05) is 50.9 Å². The molecule has 182 valence electrons. The monoisotopic (exact) mass is 650 g/mol. The van der Waals surface area contributed by atoms with Crippen molar-refractivity contribution >= 4 is 78.3 Å². The van der Waals surface area contributed by atoms with Gasteiger partial charge < -0.3 is 20.1 Å². The molecule has 32 heavy (non-hydrogen) atoms. The highest BCUT2D eigenvalue weighted by Crippen LogP contribution is 2.19. The second-order valence-corrected chi connectivity index (χ2v) is 10.7. The lowest BCUT2D eigenvalue weighted by Gasteiger charge is -2.07. The maximum absolute atomic E-state index is 5.59. The van der Waals surface area contributed by atoms with Crippen LogP contribution in [0.1, 0.15) is 12.8 Å². The minimum absolute atomic E-state index is 0. The molecule has 0 saturated carbocycles. The molecule has 0 saturated heterocycles. The van der Waals surface area contributed by atoms with Gasteiger partial charge >= 0.3 is 0 Å². The van der Waals surface area contributed by atoms with E-state index >= 15 is 0 Å². The summed E-state index contributed by atoms with van der Waals surface area (Å²) < 4.78 is 13.1. The van der Waals surface area contributed by atoms with E-state index in [0.29, 0.717) is 25.0 Å². The third-order valence-electron chi connectivity index (χ3n) is 3.70. The van der Waals surface area contributed by atoms with Gasteiger partial charge in [-0.25, -0.2) is 9.97 Å². The van der Waals surface area contributed by atoms with Crippen molar-refractivity contribution in [3.8, 4) is 11.8 Å². The van der Waals surface area contributed by atoms with E-state index in [9.17, 15) is 0 Å². The van der Waals surface area contributed by atoms with E-state index in [0.717, 1.165) is 59.5 Å². The molecule has 6 nitrogen and oxygen atoms in total. The Morgan fingerprint density at radius 3 is 1.50 bits per heavy atom. The van der Waals surface area contributed by atoms with Gasteiger partial charge in [-0.3, -0.25) is 0 Å². The standard InChI is InChI=1S/C20H28Br2N4O2S2.2ClH/c21-17-3-5-19(25-15-17)27-11-1-7-23-9-13-29-30-14-10-24-8-2-12-28-20-6-4-18(22)16-26-20;;/h3-6,15-16,23-24H,1-2,7-14H2;2*1H. The van der Waals surface area contributed by atoms with Crippen LogP contribution in [0.4, 0.5) is 0 Å². The Balaban J connectivity index is 0.00000480. The molecule has 0 atom stereocenters. The highest BCUT2D eigenvalue weighted by Gasteiger charge is 1.97. The summed E-state index contributed by atoms with van der Waals surface area (Å²) in [6.07, 6.45) is 5.44. The van der Waals surface area contributed by atoms with Gasteiger partial charge in [-0.15, -0.1) is 24.8 Å². The molecule has 2 heterocycles. The Bertz CT molecular complexity index is 633. The maximum Gasteiger partial charge on any atom is 0.213 e. The van der Waals surface area contributed by atoms with E-state index in [4.69, 9.17) is 9.47 Å². The molecule has 2 N–H and O–H groups in total. The average molecular weight is 653 g/mol. The SMILES string of the molecule is Brc1ccc(OCCCNCCSSCCNCCCOc2ccc(Br)cn2)nc1.Cl.Cl. The fourth-order valence-electron chi connectivity index (χ4n) is 2.24. The van der Waals surface area contributed by atoms with Crippen LogP contribution in [0.2, 0.25) is 0 Å². The molecule has 2 aromatic rings. The van der Waals surface area contributed by atoms with E-state index in [1.165, 1.54) is 0 Å². The topological polar surface area (TPSA) is 68.3 Å². The van der Waals surface area contributed by atoms with Gasteiger partial charge in [0, 0.05) is 58.1 Å². The smallest absolute Gasteiger partial charge is 0.213 e. The van der Waals surface area contributed by atoms with Gasteiger partial charge in [0.15, 0.2) is 0 Å². The van der Waals surface area contributed by atoms with Crippen molar-refractivity contribution in [2.45, 2.75) is 12.8 Å². The van der Waals surface area contributed by atoms with Crippen LogP contribution in [0.25, 0.3) is 0 Å². The minimum Gasteiger partial charge on any atom is -0.478 e. The van der Waals surface area contributed by atoms with Crippen molar-refractivity contribution < 1.29 is 9.47 Å². The van der Waals surface area contributed by atoms with Crippen LogP contribution in [0, 0.1) is 0 Å². The Morgan fingerprint density at radius 1 is 0.688 bits per heavy atom. The third-order valence-corrected chi connectivity index (χ3v) is 7.05. The van der Waals surface area contributed by atoms with Crippen molar-refractivity contribution in [1.29, 1.82) is 0 Å². The molecular weight excluding hydrogens is 623 g/mol. The first-order valence-corrected chi connectivity index (χ1v) is 14.0. The van der Waals surface area contributed by atoms with Gasteiger partial charge in [0.2, 0.25) is 11.8 Å². The van der Waals surface area contributed by atoms with Crippen molar-refractivity contribution in [2.24, 2.45) is 0 Å². The molecule has 12 heteroatoms. The lowest BCUT2D eigenvalue weighted by molar-refractivity contribution is 0.297. The predicted octanol–water partition coefficient (Wildman–Crippen LogP) is 5.64. The molecular formula is C20H30Br2Cl2N4O2S2. The number of aromatic nitrogens is 2. The summed E-state index contributed by atoms with van der Waals surface area (Å²) in [7, 11) is 3.83. The van der Waals surface area contributed by atoms with Crippen molar-refractivity contribution in [3.05, 3.63) is 45.6 Å². The zero-order valence-electron chi connectivity index (χ0n) is 17.6. The number of rotatable bonds is 17. The Labute approximate surface area is 228 Å². The van der Waals surface area contributed by atoms with Crippen LogP contribution >= 0.6 is 78.3 Å². The van der Waals surface area contributed by atoms with Gasteiger partial charge in [-0.2, -0.15) is 0 Å². The first kappa shape index (κ1) is 32.1. The molecule has 0 aliphatic rings. The quantitative estimate of drug-likeness (QED) is 0.168. The normalized spacial score (nSPS) is 10.2. The van der Waals surface area contributed by atoms with Crippen LogP contribution < -0.4 is 20.1 Å². The average Bonchev–Trinajstić information content (AvgIpc) is 2.76. The highest BCUT2D eigenvalue weighted by molar-refractivity contribution is 9.10. The Kier molecular flexibility index (Phi) is 21.6. The van der Waals surface area contributed by atoms with Crippen molar-refractivity contribution in [1.82, 2.24) is 20.6 Å². The molecule has 0 aromatic carbocycles. The number of ether oxygens (including phenoxy) is 2. The zero-order valence-corrected chi connectivity index (χ0v) is 24.1. The van der Waals surface area contributed by atoms with Crippen LogP contribution in [0.15, 0.2) is 45.6 Å². The zero-order chi connectivity index (χ0) is 21.3. The minimum atomic E-state index is 0. The number of nitrogens with zero attached hydrogens (tertiary/aromatic N) is 2. The first-order valence-electron chi connectivity index (χ1n) is 9.88. The van der Waals surface area contributed by atoms with Gasteiger partial charge in [0.05, 0.1) is 13.2 Å². The summed E-state index contributed by atoms with van der Waals surface area (Å²) in [6, 6.07) is 7.61. The fraction of sp³-hybridized carbons (Fsp3) is 0.500. The van der Waals surface area contributed by atoms with E-state index in [1.807, 2.05) is 45.9 Å². The van der Waals surface area contributed by atoms with Crippen LogP contribution in [-0.4, -0.2) is 60.9 Å². The van der Waals surface area contributed by atoms with Crippen LogP contribution in [0.5, 0.6) is 11.8 Å². The molecule has 0 unspecified atom stereocenters. The van der Waals surface area contributed by atoms with Gasteiger partial charge in [0.25, 0.3) is 0 Å². The molecule has 0 spiro atoms. The number of hydrogen-bond donors (Lipinski definition) is 2. The molecule has 2 rings (SSSR count). The predicted molar refractivity (Wildman–Crippen MR) is 149 cm³/mol. The van der Waals surface area contributed by atoms with E-state index in [-0.39, 0.29) is 24.8 Å². The second-order valence-electron chi connectivity index (χ2n) is 6.18. The number of hydrogen-bond acceptors (Lipinski definition) is 8. The fourth-order valence-corrected chi connectivity index (χ4v) is 4.61. The third kappa shape index (κ3) is 16.6. The van der Waals surface area contributed by atoms with E-state index in [2.05, 4.69) is 52.5 Å². The first-order chi connectivity index (χ1) is 14.7. The number of halogens is 4. The molecule has 0 aliphatic carbocycles.